The second-order valence-electron chi connectivity index (χ2n) is 6.10. The van der Waals surface area contributed by atoms with E-state index >= 15 is 0 Å². The van der Waals surface area contributed by atoms with Crippen molar-refractivity contribution in [2.24, 2.45) is 16.8 Å². The third-order valence-corrected chi connectivity index (χ3v) is 3.59. The van der Waals surface area contributed by atoms with E-state index in [2.05, 4.69) is 43.4 Å². The molecular weight excluding hydrogens is 236 g/mol. The number of guanidine groups is 1. The van der Waals surface area contributed by atoms with Crippen LogP contribution in [0.1, 0.15) is 40.0 Å². The summed E-state index contributed by atoms with van der Waals surface area (Å²) in [5, 5.41) is 6.76. The van der Waals surface area contributed by atoms with E-state index in [9.17, 15) is 0 Å². The highest BCUT2D eigenvalue weighted by Gasteiger charge is 2.16. The van der Waals surface area contributed by atoms with Crippen LogP contribution in [-0.4, -0.2) is 50.6 Å². The fourth-order valence-corrected chi connectivity index (χ4v) is 2.46. The lowest BCUT2D eigenvalue weighted by molar-refractivity contribution is 0.214. The van der Waals surface area contributed by atoms with E-state index in [0.717, 1.165) is 37.4 Å². The average Bonchev–Trinajstić information content (AvgIpc) is 2.35. The Hall–Kier alpha value is -0.770. The molecule has 1 heterocycles. The number of piperidine rings is 1. The monoisotopic (exact) mass is 268 g/mol. The quantitative estimate of drug-likeness (QED) is 0.571. The summed E-state index contributed by atoms with van der Waals surface area (Å²) in [6, 6.07) is 0. The van der Waals surface area contributed by atoms with E-state index in [0.29, 0.717) is 0 Å². The van der Waals surface area contributed by atoms with Crippen molar-refractivity contribution in [1.82, 2.24) is 15.5 Å². The van der Waals surface area contributed by atoms with Gasteiger partial charge in [-0.1, -0.05) is 13.8 Å². The van der Waals surface area contributed by atoms with E-state index in [-0.39, 0.29) is 0 Å². The molecule has 1 rings (SSSR count). The van der Waals surface area contributed by atoms with Gasteiger partial charge in [0.05, 0.1) is 0 Å². The number of hydrogen-bond acceptors (Lipinski definition) is 2. The van der Waals surface area contributed by atoms with Crippen molar-refractivity contribution in [3.05, 3.63) is 0 Å². The van der Waals surface area contributed by atoms with Crippen molar-refractivity contribution in [2.45, 2.75) is 40.0 Å². The van der Waals surface area contributed by atoms with Gasteiger partial charge in [0, 0.05) is 26.2 Å². The first-order chi connectivity index (χ1) is 9.11. The zero-order chi connectivity index (χ0) is 14.1. The molecule has 0 radical (unpaired) electrons. The molecule has 112 valence electrons. The topological polar surface area (TPSA) is 39.7 Å². The predicted octanol–water partition coefficient (Wildman–Crippen LogP) is 1.93. The van der Waals surface area contributed by atoms with Gasteiger partial charge in [-0.3, -0.25) is 4.99 Å². The van der Waals surface area contributed by atoms with Crippen LogP contribution >= 0.6 is 0 Å². The summed E-state index contributed by atoms with van der Waals surface area (Å²) in [7, 11) is 2.21. The van der Waals surface area contributed by atoms with Crippen LogP contribution in [0.5, 0.6) is 0 Å². The van der Waals surface area contributed by atoms with E-state index in [1.54, 1.807) is 0 Å². The first-order valence-corrected chi connectivity index (χ1v) is 7.82. The van der Waals surface area contributed by atoms with Gasteiger partial charge in [0.2, 0.25) is 0 Å². The Labute approximate surface area is 119 Å². The Kier molecular flexibility index (Phi) is 7.87. The molecule has 1 aliphatic heterocycles. The van der Waals surface area contributed by atoms with Crippen LogP contribution in [0.25, 0.3) is 0 Å². The van der Waals surface area contributed by atoms with Gasteiger partial charge in [-0.15, -0.1) is 0 Å². The molecular formula is C15H32N4. The Morgan fingerprint density at radius 2 is 2.16 bits per heavy atom. The minimum Gasteiger partial charge on any atom is -0.357 e. The summed E-state index contributed by atoms with van der Waals surface area (Å²) in [4.78, 5) is 7.16. The molecule has 1 aliphatic rings. The van der Waals surface area contributed by atoms with Crippen molar-refractivity contribution in [3.63, 3.8) is 0 Å². The Morgan fingerprint density at radius 3 is 2.79 bits per heavy atom. The molecule has 0 aromatic carbocycles. The van der Waals surface area contributed by atoms with Crippen LogP contribution < -0.4 is 10.6 Å². The van der Waals surface area contributed by atoms with Gasteiger partial charge < -0.3 is 15.5 Å². The molecule has 1 unspecified atom stereocenters. The Morgan fingerprint density at radius 1 is 1.37 bits per heavy atom. The lowest BCUT2D eigenvalue weighted by Crippen LogP contribution is -2.39. The summed E-state index contributed by atoms with van der Waals surface area (Å²) in [5.41, 5.74) is 0. The summed E-state index contributed by atoms with van der Waals surface area (Å²) in [6.45, 7) is 11.9. The van der Waals surface area contributed by atoms with E-state index in [4.69, 9.17) is 4.99 Å². The summed E-state index contributed by atoms with van der Waals surface area (Å²) >= 11 is 0. The number of likely N-dealkylation sites (tertiary alicyclic amines) is 1. The van der Waals surface area contributed by atoms with Gasteiger partial charge in [-0.2, -0.15) is 0 Å². The molecule has 1 fully saturated rings. The molecule has 4 nitrogen and oxygen atoms in total. The van der Waals surface area contributed by atoms with Crippen molar-refractivity contribution in [2.75, 3.05) is 39.8 Å². The number of hydrogen-bond donors (Lipinski definition) is 2. The molecule has 2 N–H and O–H groups in total. The molecule has 0 aromatic heterocycles. The summed E-state index contributed by atoms with van der Waals surface area (Å²) < 4.78 is 0. The third kappa shape index (κ3) is 7.41. The Bertz CT molecular complexity index is 263. The fraction of sp³-hybridized carbons (Fsp3) is 0.933. The normalized spacial score (nSPS) is 21.7. The minimum atomic E-state index is 0.722. The average molecular weight is 268 g/mol. The maximum atomic E-state index is 4.74. The van der Waals surface area contributed by atoms with E-state index in [1.165, 1.54) is 32.4 Å². The molecule has 4 heteroatoms. The summed E-state index contributed by atoms with van der Waals surface area (Å²) in [6.07, 6.45) is 3.82. The van der Waals surface area contributed by atoms with Crippen molar-refractivity contribution in [1.29, 1.82) is 0 Å². The molecule has 19 heavy (non-hydrogen) atoms. The smallest absolute Gasteiger partial charge is 0.191 e. The highest BCUT2D eigenvalue weighted by molar-refractivity contribution is 5.79. The van der Waals surface area contributed by atoms with Crippen LogP contribution in [0.15, 0.2) is 4.99 Å². The first-order valence-electron chi connectivity index (χ1n) is 7.82. The zero-order valence-electron chi connectivity index (χ0n) is 13.2. The highest BCUT2D eigenvalue weighted by atomic mass is 15.2. The maximum Gasteiger partial charge on any atom is 0.191 e. The van der Waals surface area contributed by atoms with E-state index in [1.807, 2.05) is 0 Å². The second-order valence-corrected chi connectivity index (χ2v) is 6.10. The van der Waals surface area contributed by atoms with Crippen LogP contribution in [0.2, 0.25) is 0 Å². The lowest BCUT2D eigenvalue weighted by atomic mass is 9.99. The van der Waals surface area contributed by atoms with Crippen LogP contribution in [0.3, 0.4) is 0 Å². The summed E-state index contributed by atoms with van der Waals surface area (Å²) in [5.74, 6) is 2.44. The van der Waals surface area contributed by atoms with Crippen LogP contribution in [-0.2, 0) is 0 Å². The number of aliphatic imine (C=N–C) groups is 1. The fourth-order valence-electron chi connectivity index (χ4n) is 2.46. The van der Waals surface area contributed by atoms with Crippen molar-refractivity contribution >= 4 is 5.96 Å². The van der Waals surface area contributed by atoms with Gasteiger partial charge in [-0.25, -0.2) is 0 Å². The SMILES string of the molecule is CCNC(=NCC1CCCN(C)C1)NCCC(C)C. The maximum absolute atomic E-state index is 4.74. The number of rotatable bonds is 6. The van der Waals surface area contributed by atoms with Crippen LogP contribution in [0, 0.1) is 11.8 Å². The largest absolute Gasteiger partial charge is 0.357 e. The zero-order valence-corrected chi connectivity index (χ0v) is 13.2. The van der Waals surface area contributed by atoms with Gasteiger partial charge >= 0.3 is 0 Å². The number of nitrogens with zero attached hydrogens (tertiary/aromatic N) is 2. The number of nitrogens with one attached hydrogen (secondary N) is 2. The van der Waals surface area contributed by atoms with Crippen LogP contribution in [0.4, 0.5) is 0 Å². The van der Waals surface area contributed by atoms with Crippen molar-refractivity contribution in [3.8, 4) is 0 Å². The molecule has 0 aromatic rings. The van der Waals surface area contributed by atoms with Gasteiger partial charge in [-0.05, 0) is 51.6 Å². The third-order valence-electron chi connectivity index (χ3n) is 3.59. The van der Waals surface area contributed by atoms with Gasteiger partial charge in [0.15, 0.2) is 5.96 Å². The lowest BCUT2D eigenvalue weighted by Gasteiger charge is -2.28. The molecule has 0 spiro atoms. The Balaban J connectivity index is 2.34. The molecule has 1 atom stereocenters. The van der Waals surface area contributed by atoms with Crippen molar-refractivity contribution < 1.29 is 0 Å². The second kappa shape index (κ2) is 9.18. The molecule has 0 aliphatic carbocycles. The van der Waals surface area contributed by atoms with Gasteiger partial charge in [0.1, 0.15) is 0 Å². The predicted molar refractivity (Wildman–Crippen MR) is 83.7 cm³/mol. The standard InChI is InChI=1S/C15H32N4/c1-5-16-15(17-9-8-13(2)3)18-11-14-7-6-10-19(4)12-14/h13-14H,5-12H2,1-4H3,(H2,16,17,18). The van der Waals surface area contributed by atoms with E-state index < -0.39 is 0 Å². The molecule has 1 saturated heterocycles. The molecule has 0 amide bonds. The highest BCUT2D eigenvalue weighted by Crippen LogP contribution is 2.14. The molecule has 0 bridgehead atoms. The molecule has 0 saturated carbocycles. The van der Waals surface area contributed by atoms with Gasteiger partial charge in [0.25, 0.3) is 0 Å². The minimum absolute atomic E-state index is 0.722. The first kappa shape index (κ1) is 16.3.